The van der Waals surface area contributed by atoms with Crippen LogP contribution in [0.25, 0.3) is 0 Å². The number of nitrogens with zero attached hydrogens (tertiary/aromatic N) is 2. The van der Waals surface area contributed by atoms with Gasteiger partial charge in [-0.2, -0.15) is 0 Å². The van der Waals surface area contributed by atoms with E-state index in [9.17, 15) is 5.11 Å². The maximum Gasteiger partial charge on any atom is 0.223 e. The largest absolute Gasteiger partial charge is 0.390 e. The molecule has 0 aromatic carbocycles. The summed E-state index contributed by atoms with van der Waals surface area (Å²) in [5.41, 5.74) is 1.83. The summed E-state index contributed by atoms with van der Waals surface area (Å²) in [4.78, 5) is 9.07. The van der Waals surface area contributed by atoms with Gasteiger partial charge in [0.1, 0.15) is 0 Å². The van der Waals surface area contributed by atoms with Gasteiger partial charge in [0.2, 0.25) is 5.95 Å². The standard InChI is InChI=1S/C18H27N3O/c1-11-4-12(2)20-16(19-11)21-13(3)17-6-14-5-15(7-17)9-18(22,8-14)10-17/h4,13-15,22H,5-10H2,1-3H3,(H,19,20,21)/t13-,14-,15-,17?,18?/m1/s1. The van der Waals surface area contributed by atoms with Crippen molar-refractivity contribution in [2.75, 3.05) is 5.32 Å². The molecule has 2 N–H and O–H groups in total. The van der Waals surface area contributed by atoms with Crippen molar-refractivity contribution in [2.24, 2.45) is 17.3 Å². The molecule has 0 aliphatic heterocycles. The van der Waals surface area contributed by atoms with E-state index in [2.05, 4.69) is 22.2 Å². The number of nitrogens with one attached hydrogen (secondary N) is 1. The first-order chi connectivity index (χ1) is 10.4. The van der Waals surface area contributed by atoms with Gasteiger partial charge in [0.25, 0.3) is 0 Å². The Kier molecular flexibility index (Phi) is 3.06. The van der Waals surface area contributed by atoms with Crippen molar-refractivity contribution in [1.29, 1.82) is 0 Å². The maximum atomic E-state index is 10.9. The summed E-state index contributed by atoms with van der Waals surface area (Å²) >= 11 is 0. The molecule has 1 aromatic rings. The first-order valence-corrected chi connectivity index (χ1v) is 8.67. The minimum absolute atomic E-state index is 0.222. The lowest BCUT2D eigenvalue weighted by Crippen LogP contribution is -2.60. The SMILES string of the molecule is Cc1cc(C)nc(N[C@H](C)C23C[C@H]4C[C@@H](CC(O)(C4)C2)C3)n1. The van der Waals surface area contributed by atoms with Gasteiger partial charge in [0.15, 0.2) is 0 Å². The molecule has 0 amide bonds. The van der Waals surface area contributed by atoms with E-state index in [4.69, 9.17) is 0 Å². The predicted molar refractivity (Wildman–Crippen MR) is 86.7 cm³/mol. The zero-order chi connectivity index (χ0) is 15.5. The molecule has 0 spiro atoms. The van der Waals surface area contributed by atoms with Crippen LogP contribution in [-0.4, -0.2) is 26.7 Å². The molecule has 4 bridgehead atoms. The minimum Gasteiger partial charge on any atom is -0.390 e. The molecule has 4 nitrogen and oxygen atoms in total. The zero-order valence-electron chi connectivity index (χ0n) is 13.9. The highest BCUT2D eigenvalue weighted by atomic mass is 16.3. The van der Waals surface area contributed by atoms with Crippen molar-refractivity contribution in [2.45, 2.75) is 70.9 Å². The average Bonchev–Trinajstić information content (AvgIpc) is 2.34. The Morgan fingerprint density at radius 2 is 1.73 bits per heavy atom. The molecule has 3 atom stereocenters. The molecule has 4 fully saturated rings. The summed E-state index contributed by atoms with van der Waals surface area (Å²) in [6.07, 6.45) is 6.84. The molecule has 0 radical (unpaired) electrons. The van der Waals surface area contributed by atoms with E-state index in [0.29, 0.717) is 6.04 Å². The monoisotopic (exact) mass is 301 g/mol. The van der Waals surface area contributed by atoms with Crippen LogP contribution in [0, 0.1) is 31.1 Å². The molecule has 4 heteroatoms. The summed E-state index contributed by atoms with van der Waals surface area (Å²) in [7, 11) is 0. The highest BCUT2D eigenvalue weighted by Crippen LogP contribution is 2.62. The number of aliphatic hydroxyl groups is 1. The lowest BCUT2D eigenvalue weighted by Gasteiger charge is -2.62. The zero-order valence-corrected chi connectivity index (χ0v) is 13.9. The van der Waals surface area contributed by atoms with E-state index in [-0.39, 0.29) is 5.41 Å². The van der Waals surface area contributed by atoms with Crippen LogP contribution >= 0.6 is 0 Å². The van der Waals surface area contributed by atoms with Crippen LogP contribution in [0.4, 0.5) is 5.95 Å². The van der Waals surface area contributed by atoms with E-state index >= 15 is 0 Å². The lowest BCUT2D eigenvalue weighted by molar-refractivity contribution is -0.167. The quantitative estimate of drug-likeness (QED) is 0.900. The van der Waals surface area contributed by atoms with Crippen LogP contribution in [0.1, 0.15) is 56.8 Å². The van der Waals surface area contributed by atoms with Gasteiger partial charge in [-0.15, -0.1) is 0 Å². The molecular weight excluding hydrogens is 274 g/mol. The first-order valence-electron chi connectivity index (χ1n) is 8.67. The fourth-order valence-electron chi connectivity index (χ4n) is 5.93. The van der Waals surface area contributed by atoms with Crippen LogP contribution in [0.3, 0.4) is 0 Å². The van der Waals surface area contributed by atoms with E-state index < -0.39 is 5.60 Å². The second kappa shape index (κ2) is 4.67. The Morgan fingerprint density at radius 3 is 2.27 bits per heavy atom. The fourth-order valence-corrected chi connectivity index (χ4v) is 5.93. The molecule has 120 valence electrons. The van der Waals surface area contributed by atoms with Crippen LogP contribution in [0.2, 0.25) is 0 Å². The summed E-state index contributed by atoms with van der Waals surface area (Å²) < 4.78 is 0. The van der Waals surface area contributed by atoms with Crippen LogP contribution in [0.15, 0.2) is 6.07 Å². The number of hydrogen-bond acceptors (Lipinski definition) is 4. The van der Waals surface area contributed by atoms with Crippen LogP contribution in [0.5, 0.6) is 0 Å². The Hall–Kier alpha value is -1.16. The van der Waals surface area contributed by atoms with Crippen molar-refractivity contribution < 1.29 is 5.11 Å². The molecule has 4 aliphatic rings. The van der Waals surface area contributed by atoms with Gasteiger partial charge in [-0.1, -0.05) is 0 Å². The third-order valence-electron chi connectivity index (χ3n) is 6.32. The van der Waals surface area contributed by atoms with Crippen LogP contribution in [-0.2, 0) is 0 Å². The van der Waals surface area contributed by atoms with Gasteiger partial charge in [-0.25, -0.2) is 9.97 Å². The third-order valence-corrected chi connectivity index (χ3v) is 6.32. The summed E-state index contributed by atoms with van der Waals surface area (Å²) in [6, 6.07) is 2.31. The molecule has 0 saturated heterocycles. The molecule has 4 saturated carbocycles. The van der Waals surface area contributed by atoms with E-state index in [1.165, 1.54) is 19.3 Å². The van der Waals surface area contributed by atoms with Crippen molar-refractivity contribution in [3.63, 3.8) is 0 Å². The molecule has 1 heterocycles. The van der Waals surface area contributed by atoms with Crippen molar-refractivity contribution >= 4 is 5.95 Å². The van der Waals surface area contributed by atoms with Gasteiger partial charge >= 0.3 is 0 Å². The van der Waals surface area contributed by atoms with E-state index in [1.54, 1.807) is 0 Å². The van der Waals surface area contributed by atoms with Gasteiger partial charge in [-0.3, -0.25) is 0 Å². The van der Waals surface area contributed by atoms with Gasteiger partial charge in [-0.05, 0) is 82.6 Å². The maximum absolute atomic E-state index is 10.9. The van der Waals surface area contributed by atoms with Crippen molar-refractivity contribution in [3.8, 4) is 0 Å². The third kappa shape index (κ3) is 2.32. The Labute approximate surface area is 132 Å². The second-order valence-electron chi connectivity index (χ2n) is 8.39. The fraction of sp³-hybridized carbons (Fsp3) is 0.778. The number of anilines is 1. The number of hydrogen-bond donors (Lipinski definition) is 2. The molecule has 4 aliphatic carbocycles. The summed E-state index contributed by atoms with van der Waals surface area (Å²) in [5.74, 6) is 2.18. The smallest absolute Gasteiger partial charge is 0.223 e. The molecule has 22 heavy (non-hydrogen) atoms. The van der Waals surface area contributed by atoms with Gasteiger partial charge < -0.3 is 10.4 Å². The second-order valence-corrected chi connectivity index (χ2v) is 8.39. The van der Waals surface area contributed by atoms with Crippen molar-refractivity contribution in [3.05, 3.63) is 17.5 Å². The van der Waals surface area contributed by atoms with Crippen molar-refractivity contribution in [1.82, 2.24) is 9.97 Å². The molecule has 5 rings (SSSR count). The van der Waals surface area contributed by atoms with E-state index in [0.717, 1.165) is 48.4 Å². The predicted octanol–water partition coefficient (Wildman–Crippen LogP) is 3.23. The Bertz CT molecular complexity index is 566. The Balaban J connectivity index is 1.58. The number of aryl methyl sites for hydroxylation is 2. The normalized spacial score (nSPS) is 40.7. The topological polar surface area (TPSA) is 58.0 Å². The summed E-state index contributed by atoms with van der Waals surface area (Å²) in [6.45, 7) is 6.29. The lowest BCUT2D eigenvalue weighted by atomic mass is 9.46. The summed E-state index contributed by atoms with van der Waals surface area (Å²) in [5, 5.41) is 14.5. The average molecular weight is 301 g/mol. The van der Waals surface area contributed by atoms with Gasteiger partial charge in [0.05, 0.1) is 5.60 Å². The highest BCUT2D eigenvalue weighted by molar-refractivity contribution is 5.30. The number of aromatic nitrogens is 2. The van der Waals surface area contributed by atoms with Gasteiger partial charge in [0, 0.05) is 17.4 Å². The highest BCUT2D eigenvalue weighted by Gasteiger charge is 2.58. The van der Waals surface area contributed by atoms with E-state index in [1.807, 2.05) is 19.9 Å². The first kappa shape index (κ1) is 14.4. The number of rotatable bonds is 3. The molecular formula is C18H27N3O. The minimum atomic E-state index is -0.399. The molecule has 1 aromatic heterocycles. The Morgan fingerprint density at radius 1 is 1.14 bits per heavy atom. The van der Waals surface area contributed by atoms with Crippen LogP contribution < -0.4 is 5.32 Å². The molecule has 0 unspecified atom stereocenters.